The van der Waals surface area contributed by atoms with Crippen molar-refractivity contribution < 1.29 is 0 Å². The summed E-state index contributed by atoms with van der Waals surface area (Å²) in [5.74, 6) is 1.69. The normalized spacial score (nSPS) is 17.1. The first-order valence-electron chi connectivity index (χ1n) is 8.52. The predicted octanol–water partition coefficient (Wildman–Crippen LogP) is 3.32. The van der Waals surface area contributed by atoms with Crippen molar-refractivity contribution >= 4 is 22.3 Å². The molecule has 1 aromatic rings. The number of anilines is 1. The van der Waals surface area contributed by atoms with Gasteiger partial charge in [-0.05, 0) is 49.6 Å². The summed E-state index contributed by atoms with van der Waals surface area (Å²) in [6.07, 6.45) is 3.49. The lowest BCUT2D eigenvalue weighted by Gasteiger charge is -2.33. The van der Waals surface area contributed by atoms with Crippen LogP contribution in [0.25, 0.3) is 0 Å². The van der Waals surface area contributed by atoms with E-state index in [1.807, 2.05) is 11.3 Å². The monoisotopic (exact) mass is 322 g/mol. The summed E-state index contributed by atoms with van der Waals surface area (Å²) in [6.45, 7) is 10.7. The summed E-state index contributed by atoms with van der Waals surface area (Å²) in [5, 5.41) is 10.5. The number of hydrogen-bond acceptors (Lipinski definition) is 3. The fourth-order valence-corrected chi connectivity index (χ4v) is 3.43. The molecule has 1 saturated heterocycles. The van der Waals surface area contributed by atoms with E-state index in [0.717, 1.165) is 38.6 Å². The van der Waals surface area contributed by atoms with E-state index in [1.54, 1.807) is 0 Å². The Morgan fingerprint density at radius 3 is 2.77 bits per heavy atom. The topological polar surface area (TPSA) is 39.7 Å². The quantitative estimate of drug-likeness (QED) is 0.623. The first kappa shape index (κ1) is 17.1. The first-order chi connectivity index (χ1) is 10.7. The SMILES string of the molecule is CCNC(=NCCC(C)C)NC1CCN(c2cccs2)CC1. The molecular weight excluding hydrogens is 292 g/mol. The Balaban J connectivity index is 1.79. The van der Waals surface area contributed by atoms with E-state index in [-0.39, 0.29) is 0 Å². The molecule has 0 radical (unpaired) electrons. The van der Waals surface area contributed by atoms with Gasteiger partial charge in [0.2, 0.25) is 0 Å². The van der Waals surface area contributed by atoms with Crippen LogP contribution in [0.5, 0.6) is 0 Å². The Morgan fingerprint density at radius 2 is 2.18 bits per heavy atom. The van der Waals surface area contributed by atoms with E-state index in [4.69, 9.17) is 4.99 Å². The third-order valence-electron chi connectivity index (χ3n) is 3.97. The zero-order chi connectivity index (χ0) is 15.8. The van der Waals surface area contributed by atoms with Gasteiger partial charge in [-0.1, -0.05) is 13.8 Å². The standard InChI is InChI=1S/C17H30N4S/c1-4-18-17(19-10-7-14(2)3)20-15-8-11-21(12-9-15)16-6-5-13-22-16/h5-6,13-15H,4,7-12H2,1-3H3,(H2,18,19,20). The average Bonchev–Trinajstić information content (AvgIpc) is 3.02. The fraction of sp³-hybridized carbons (Fsp3) is 0.706. The lowest BCUT2D eigenvalue weighted by Crippen LogP contribution is -2.48. The van der Waals surface area contributed by atoms with Crippen LogP contribution in [0.4, 0.5) is 5.00 Å². The number of piperidine rings is 1. The maximum atomic E-state index is 4.70. The van der Waals surface area contributed by atoms with Crippen LogP contribution in [0.1, 0.15) is 40.0 Å². The van der Waals surface area contributed by atoms with Crippen LogP contribution in [-0.4, -0.2) is 38.2 Å². The highest BCUT2D eigenvalue weighted by molar-refractivity contribution is 7.14. The molecule has 124 valence electrons. The van der Waals surface area contributed by atoms with Gasteiger partial charge in [0, 0.05) is 32.2 Å². The molecule has 4 nitrogen and oxygen atoms in total. The zero-order valence-electron chi connectivity index (χ0n) is 14.1. The van der Waals surface area contributed by atoms with Crippen LogP contribution >= 0.6 is 11.3 Å². The van der Waals surface area contributed by atoms with Crippen molar-refractivity contribution in [2.24, 2.45) is 10.9 Å². The molecule has 0 aliphatic carbocycles. The molecule has 2 rings (SSSR count). The third-order valence-corrected chi connectivity index (χ3v) is 4.90. The molecular formula is C17H30N4S. The Labute approximate surface area is 139 Å². The number of nitrogens with one attached hydrogen (secondary N) is 2. The Bertz CT molecular complexity index is 434. The highest BCUT2D eigenvalue weighted by Gasteiger charge is 2.20. The molecule has 0 saturated carbocycles. The number of aliphatic imine (C=N–C) groups is 1. The Kier molecular flexibility index (Phi) is 7.03. The van der Waals surface area contributed by atoms with Crippen LogP contribution in [0.2, 0.25) is 0 Å². The van der Waals surface area contributed by atoms with Crippen LogP contribution in [-0.2, 0) is 0 Å². The van der Waals surface area contributed by atoms with E-state index < -0.39 is 0 Å². The Morgan fingerprint density at radius 1 is 1.41 bits per heavy atom. The predicted molar refractivity (Wildman–Crippen MR) is 98.1 cm³/mol. The summed E-state index contributed by atoms with van der Waals surface area (Å²) in [7, 11) is 0. The maximum Gasteiger partial charge on any atom is 0.191 e. The molecule has 0 amide bonds. The van der Waals surface area contributed by atoms with E-state index in [2.05, 4.69) is 53.8 Å². The zero-order valence-corrected chi connectivity index (χ0v) is 15.0. The Hall–Kier alpha value is -1.23. The summed E-state index contributed by atoms with van der Waals surface area (Å²) in [5.41, 5.74) is 0. The summed E-state index contributed by atoms with van der Waals surface area (Å²) in [4.78, 5) is 7.19. The summed E-state index contributed by atoms with van der Waals surface area (Å²) >= 11 is 1.84. The van der Waals surface area contributed by atoms with Crippen LogP contribution in [0.15, 0.2) is 22.5 Å². The maximum absolute atomic E-state index is 4.70. The minimum atomic E-state index is 0.535. The number of rotatable bonds is 6. The summed E-state index contributed by atoms with van der Waals surface area (Å²) < 4.78 is 0. The number of nitrogens with zero attached hydrogens (tertiary/aromatic N) is 2. The van der Waals surface area contributed by atoms with E-state index in [0.29, 0.717) is 12.0 Å². The van der Waals surface area contributed by atoms with Crippen molar-refractivity contribution in [2.45, 2.75) is 46.1 Å². The molecule has 2 heterocycles. The van der Waals surface area contributed by atoms with Crippen molar-refractivity contribution in [3.8, 4) is 0 Å². The van der Waals surface area contributed by atoms with Gasteiger partial charge >= 0.3 is 0 Å². The fourth-order valence-electron chi connectivity index (χ4n) is 2.64. The van der Waals surface area contributed by atoms with Crippen LogP contribution < -0.4 is 15.5 Å². The molecule has 22 heavy (non-hydrogen) atoms. The van der Waals surface area contributed by atoms with Crippen molar-refractivity contribution in [2.75, 3.05) is 31.1 Å². The highest BCUT2D eigenvalue weighted by Crippen LogP contribution is 2.24. The number of hydrogen-bond donors (Lipinski definition) is 2. The van der Waals surface area contributed by atoms with Gasteiger partial charge in [-0.25, -0.2) is 0 Å². The largest absolute Gasteiger partial charge is 0.363 e. The molecule has 0 spiro atoms. The molecule has 5 heteroatoms. The van der Waals surface area contributed by atoms with Crippen LogP contribution in [0, 0.1) is 5.92 Å². The van der Waals surface area contributed by atoms with Gasteiger partial charge in [0.1, 0.15) is 0 Å². The molecule has 2 N–H and O–H groups in total. The minimum absolute atomic E-state index is 0.535. The third kappa shape index (κ3) is 5.52. The first-order valence-corrected chi connectivity index (χ1v) is 9.40. The van der Waals surface area contributed by atoms with Crippen molar-refractivity contribution in [1.29, 1.82) is 0 Å². The number of thiophene rings is 1. The van der Waals surface area contributed by atoms with Crippen LogP contribution in [0.3, 0.4) is 0 Å². The second-order valence-electron chi connectivity index (χ2n) is 6.30. The molecule has 0 aromatic carbocycles. The molecule has 1 aliphatic rings. The molecule has 0 atom stereocenters. The number of guanidine groups is 1. The molecule has 0 unspecified atom stereocenters. The average molecular weight is 323 g/mol. The lowest BCUT2D eigenvalue weighted by atomic mass is 10.1. The highest BCUT2D eigenvalue weighted by atomic mass is 32.1. The van der Waals surface area contributed by atoms with Crippen molar-refractivity contribution in [3.05, 3.63) is 17.5 Å². The molecule has 0 bridgehead atoms. The second kappa shape index (κ2) is 9.03. The van der Waals surface area contributed by atoms with Gasteiger partial charge in [0.25, 0.3) is 0 Å². The smallest absolute Gasteiger partial charge is 0.191 e. The van der Waals surface area contributed by atoms with Gasteiger partial charge in [0.15, 0.2) is 5.96 Å². The van der Waals surface area contributed by atoms with Crippen molar-refractivity contribution in [1.82, 2.24) is 10.6 Å². The van der Waals surface area contributed by atoms with Gasteiger partial charge in [-0.3, -0.25) is 4.99 Å². The van der Waals surface area contributed by atoms with Crippen molar-refractivity contribution in [3.63, 3.8) is 0 Å². The summed E-state index contributed by atoms with van der Waals surface area (Å²) in [6, 6.07) is 4.89. The molecule has 1 aromatic heterocycles. The molecule has 1 aliphatic heterocycles. The van der Waals surface area contributed by atoms with Gasteiger partial charge in [-0.15, -0.1) is 11.3 Å². The van der Waals surface area contributed by atoms with E-state index >= 15 is 0 Å². The van der Waals surface area contributed by atoms with Gasteiger partial charge < -0.3 is 15.5 Å². The van der Waals surface area contributed by atoms with E-state index in [1.165, 1.54) is 17.8 Å². The second-order valence-corrected chi connectivity index (χ2v) is 7.23. The lowest BCUT2D eigenvalue weighted by molar-refractivity contribution is 0.462. The minimum Gasteiger partial charge on any atom is -0.363 e. The van der Waals surface area contributed by atoms with E-state index in [9.17, 15) is 0 Å². The molecule has 1 fully saturated rings. The van der Waals surface area contributed by atoms with Gasteiger partial charge in [-0.2, -0.15) is 0 Å². The van der Waals surface area contributed by atoms with Gasteiger partial charge in [0.05, 0.1) is 5.00 Å².